The fourth-order valence-corrected chi connectivity index (χ4v) is 8.51. The lowest BCUT2D eigenvalue weighted by Crippen LogP contribution is -2.60. The maximum absolute atomic E-state index is 14.5. The zero-order valence-electron chi connectivity index (χ0n) is 33.4. The first-order chi connectivity index (χ1) is 27.2. The number of rotatable bonds is 14. The zero-order chi connectivity index (χ0) is 41.1. The van der Waals surface area contributed by atoms with Gasteiger partial charge in [-0.3, -0.25) is 19.2 Å². The van der Waals surface area contributed by atoms with Crippen molar-refractivity contribution in [1.82, 2.24) is 26.3 Å². The van der Waals surface area contributed by atoms with E-state index in [1.165, 1.54) is 6.08 Å². The van der Waals surface area contributed by atoms with Crippen LogP contribution in [-0.2, 0) is 24.0 Å². The van der Waals surface area contributed by atoms with Gasteiger partial charge in [0, 0.05) is 36.0 Å². The SMILES string of the molecule is C=C[C@@H]1C[C@]1(NC(=O)[C@@H]1C[C@@H](Oc2cc(-c3ccccc3)nc3cc(OC)ccc23)C[C@H]1C(=O)N[C@H](C(=O)NC(C(=O)NC)C1CCCCC1)C(C)(C)C)C(=O)O. The summed E-state index contributed by atoms with van der Waals surface area (Å²) in [5.41, 5.74) is -0.146. The van der Waals surface area contributed by atoms with Crippen LogP contribution >= 0.6 is 0 Å². The Bertz CT molecular complexity index is 2010. The number of aliphatic carboxylic acids is 1. The first-order valence-corrected chi connectivity index (χ1v) is 19.9. The van der Waals surface area contributed by atoms with E-state index < -0.39 is 70.6 Å². The van der Waals surface area contributed by atoms with Gasteiger partial charge in [0.15, 0.2) is 0 Å². The molecule has 4 amide bonds. The van der Waals surface area contributed by atoms with Crippen molar-refractivity contribution in [2.24, 2.45) is 29.1 Å². The molecule has 2 aromatic carbocycles. The Hall–Kier alpha value is -5.46. The number of hydrogen-bond acceptors (Lipinski definition) is 8. The molecule has 0 aliphatic heterocycles. The third-order valence-corrected chi connectivity index (χ3v) is 11.9. The van der Waals surface area contributed by atoms with Crippen molar-refractivity contribution in [2.45, 2.75) is 95.9 Å². The first-order valence-electron chi connectivity index (χ1n) is 19.9. The summed E-state index contributed by atoms with van der Waals surface area (Å²) < 4.78 is 12.2. The molecule has 13 heteroatoms. The van der Waals surface area contributed by atoms with E-state index in [1.54, 1.807) is 20.2 Å². The largest absolute Gasteiger partial charge is 0.497 e. The number of ether oxygens (including phenoxy) is 2. The molecule has 3 aliphatic rings. The number of nitrogens with one attached hydrogen (secondary N) is 4. The van der Waals surface area contributed by atoms with E-state index >= 15 is 0 Å². The standard InChI is InChI=1S/C44H55N5O8/c1-7-27-24-44(27,42(54)55)49-39(51)32-21-29(57-35-23-33(25-14-10-8-11-15-25)46-34-22-28(56-6)18-19-30(34)35)20-31(32)38(50)48-37(43(2,3)4)41(53)47-36(40(52)45-5)26-16-12-9-13-17-26/h7-8,10-11,14-15,18-19,22-23,26-27,29,31-32,36-37H,1,9,12-13,16-17,20-21,24H2,2-6H3,(H,45,52)(H,47,53)(H,48,50)(H,49,51)(H,54,55)/t27-,29+,31-,32-,36?,37-,44-/m1/s1. The Morgan fingerprint density at radius 3 is 2.21 bits per heavy atom. The van der Waals surface area contributed by atoms with Crippen LogP contribution < -0.4 is 30.7 Å². The maximum Gasteiger partial charge on any atom is 0.330 e. The molecule has 1 heterocycles. The van der Waals surface area contributed by atoms with Crippen molar-refractivity contribution < 1.29 is 38.6 Å². The summed E-state index contributed by atoms with van der Waals surface area (Å²) in [6.45, 7) is 9.21. The number of carboxylic acids is 1. The van der Waals surface area contributed by atoms with Crippen LogP contribution in [0.2, 0.25) is 0 Å². The lowest BCUT2D eigenvalue weighted by Gasteiger charge is -2.35. The van der Waals surface area contributed by atoms with E-state index in [2.05, 4.69) is 27.8 Å². The van der Waals surface area contributed by atoms with Crippen molar-refractivity contribution in [3.05, 3.63) is 67.3 Å². The number of aromatic nitrogens is 1. The molecule has 3 aromatic rings. The molecule has 7 atom stereocenters. The van der Waals surface area contributed by atoms with Gasteiger partial charge in [-0.2, -0.15) is 0 Å². The van der Waals surface area contributed by atoms with Gasteiger partial charge in [-0.15, -0.1) is 6.58 Å². The number of carbonyl (C=O) groups is 5. The maximum atomic E-state index is 14.5. The first kappa shape index (κ1) is 41.2. The molecule has 304 valence electrons. The summed E-state index contributed by atoms with van der Waals surface area (Å²) in [6, 6.07) is 15.1. The molecule has 6 rings (SSSR count). The monoisotopic (exact) mass is 781 g/mol. The number of hydrogen-bond donors (Lipinski definition) is 5. The van der Waals surface area contributed by atoms with Crippen LogP contribution in [0.5, 0.6) is 11.5 Å². The minimum atomic E-state index is -1.51. The minimum absolute atomic E-state index is 0.0316. The Kier molecular flexibility index (Phi) is 12.2. The molecule has 5 N–H and O–H groups in total. The van der Waals surface area contributed by atoms with Gasteiger partial charge in [-0.1, -0.05) is 76.4 Å². The van der Waals surface area contributed by atoms with Gasteiger partial charge in [-0.05, 0) is 55.6 Å². The van der Waals surface area contributed by atoms with Crippen molar-refractivity contribution in [3.63, 3.8) is 0 Å². The van der Waals surface area contributed by atoms with E-state index in [-0.39, 0.29) is 31.1 Å². The van der Waals surface area contributed by atoms with Crippen LogP contribution in [0.1, 0.15) is 72.1 Å². The van der Waals surface area contributed by atoms with Crippen LogP contribution in [-0.4, -0.2) is 77.6 Å². The molecule has 0 bridgehead atoms. The van der Waals surface area contributed by atoms with E-state index in [0.29, 0.717) is 28.1 Å². The number of benzene rings is 2. The zero-order valence-corrected chi connectivity index (χ0v) is 33.4. The van der Waals surface area contributed by atoms with Crippen LogP contribution in [0.3, 0.4) is 0 Å². The number of pyridine rings is 1. The molecule has 0 saturated heterocycles. The topological polar surface area (TPSA) is 185 Å². The number of carbonyl (C=O) groups excluding carboxylic acids is 4. The predicted molar refractivity (Wildman–Crippen MR) is 215 cm³/mol. The second-order valence-electron chi connectivity index (χ2n) is 16.8. The van der Waals surface area contributed by atoms with Crippen molar-refractivity contribution in [2.75, 3.05) is 14.2 Å². The lowest BCUT2D eigenvalue weighted by atomic mass is 9.82. The minimum Gasteiger partial charge on any atom is -0.497 e. The third-order valence-electron chi connectivity index (χ3n) is 11.9. The molecular formula is C44H55N5O8. The molecule has 3 fully saturated rings. The number of carboxylic acid groups (broad SMARTS) is 1. The van der Waals surface area contributed by atoms with E-state index in [1.807, 2.05) is 69.3 Å². The lowest BCUT2D eigenvalue weighted by molar-refractivity contribution is -0.145. The van der Waals surface area contributed by atoms with Gasteiger partial charge in [0.05, 0.1) is 30.2 Å². The molecule has 57 heavy (non-hydrogen) atoms. The fraction of sp³-hybridized carbons (Fsp3) is 0.500. The number of likely N-dealkylation sites (N-methyl/N-ethyl adjacent to an activating group) is 1. The predicted octanol–water partition coefficient (Wildman–Crippen LogP) is 5.17. The summed E-state index contributed by atoms with van der Waals surface area (Å²) in [5.74, 6) is -4.42. The van der Waals surface area contributed by atoms with Gasteiger partial charge >= 0.3 is 5.97 Å². The van der Waals surface area contributed by atoms with Crippen LogP contribution in [0.25, 0.3) is 22.2 Å². The highest BCUT2D eigenvalue weighted by Crippen LogP contribution is 2.46. The number of nitrogens with zero attached hydrogens (tertiary/aromatic N) is 1. The molecule has 1 aromatic heterocycles. The molecule has 0 radical (unpaired) electrons. The summed E-state index contributed by atoms with van der Waals surface area (Å²) in [4.78, 5) is 73.1. The second kappa shape index (κ2) is 17.0. The highest BCUT2D eigenvalue weighted by Gasteiger charge is 2.61. The van der Waals surface area contributed by atoms with E-state index in [9.17, 15) is 29.1 Å². The third kappa shape index (κ3) is 8.92. The van der Waals surface area contributed by atoms with E-state index in [4.69, 9.17) is 14.5 Å². The quantitative estimate of drug-likeness (QED) is 0.138. The Labute approximate surface area is 333 Å². The van der Waals surface area contributed by atoms with Crippen LogP contribution in [0.4, 0.5) is 0 Å². The number of fused-ring (bicyclic) bond motifs is 1. The van der Waals surface area contributed by atoms with Gasteiger partial charge in [0.1, 0.15) is 35.2 Å². The second-order valence-corrected chi connectivity index (χ2v) is 16.8. The highest BCUT2D eigenvalue weighted by molar-refractivity contribution is 5.97. The normalized spacial score (nSPS) is 24.4. The number of methoxy groups -OCH3 is 1. The van der Waals surface area contributed by atoms with Crippen molar-refractivity contribution in [1.29, 1.82) is 0 Å². The average Bonchev–Trinajstić information content (AvgIpc) is 3.77. The Morgan fingerprint density at radius 1 is 0.930 bits per heavy atom. The van der Waals surface area contributed by atoms with Crippen LogP contribution in [0.15, 0.2) is 67.3 Å². The summed E-state index contributed by atoms with van der Waals surface area (Å²) in [6.07, 6.45) is 5.90. The number of amides is 4. The van der Waals surface area contributed by atoms with Crippen molar-refractivity contribution in [3.8, 4) is 22.8 Å². The molecule has 13 nitrogen and oxygen atoms in total. The molecule has 1 unspecified atom stereocenters. The molecule has 3 saturated carbocycles. The molecule has 0 spiro atoms. The highest BCUT2D eigenvalue weighted by atomic mass is 16.5. The summed E-state index contributed by atoms with van der Waals surface area (Å²) in [5, 5.41) is 22.2. The fourth-order valence-electron chi connectivity index (χ4n) is 8.51. The Morgan fingerprint density at radius 2 is 1.61 bits per heavy atom. The smallest absolute Gasteiger partial charge is 0.330 e. The summed E-state index contributed by atoms with van der Waals surface area (Å²) in [7, 11) is 3.12. The summed E-state index contributed by atoms with van der Waals surface area (Å²) >= 11 is 0. The van der Waals surface area contributed by atoms with Crippen LogP contribution in [0, 0.1) is 29.1 Å². The molecule has 3 aliphatic carbocycles. The average molecular weight is 782 g/mol. The molecular weight excluding hydrogens is 727 g/mol. The Balaban J connectivity index is 1.30. The van der Waals surface area contributed by atoms with Gasteiger partial charge in [-0.25, -0.2) is 9.78 Å². The van der Waals surface area contributed by atoms with Gasteiger partial charge in [0.2, 0.25) is 23.6 Å². The van der Waals surface area contributed by atoms with Gasteiger partial charge < -0.3 is 35.8 Å². The van der Waals surface area contributed by atoms with E-state index in [0.717, 1.165) is 37.7 Å². The van der Waals surface area contributed by atoms with Crippen molar-refractivity contribution >= 4 is 40.5 Å². The van der Waals surface area contributed by atoms with Gasteiger partial charge in [0.25, 0.3) is 0 Å².